The molecule has 178 valence electrons. The van der Waals surface area contributed by atoms with E-state index in [2.05, 4.69) is 23.3 Å². The molecular formula is C26H34N2O4S. The molecule has 7 heteroatoms. The fourth-order valence-corrected chi connectivity index (χ4v) is 3.55. The number of aryl methyl sites for hydroxylation is 1. The largest absolute Gasteiger partial charge is 0.464 e. The van der Waals surface area contributed by atoms with E-state index in [1.165, 1.54) is 0 Å². The second-order valence-corrected chi connectivity index (χ2v) is 8.34. The van der Waals surface area contributed by atoms with Crippen LogP contribution in [0.4, 0.5) is 0 Å². The lowest BCUT2D eigenvalue weighted by Gasteiger charge is -2.22. The highest BCUT2D eigenvalue weighted by Crippen LogP contribution is 2.08. The van der Waals surface area contributed by atoms with E-state index in [0.717, 1.165) is 24.0 Å². The van der Waals surface area contributed by atoms with Gasteiger partial charge in [-0.1, -0.05) is 74.0 Å². The first-order valence-electron chi connectivity index (χ1n) is 11.5. The lowest BCUT2D eigenvalue weighted by atomic mass is 10.0. The van der Waals surface area contributed by atoms with E-state index in [1.54, 1.807) is 0 Å². The van der Waals surface area contributed by atoms with Gasteiger partial charge in [0.25, 0.3) is 0 Å². The molecule has 2 rings (SSSR count). The van der Waals surface area contributed by atoms with Crippen molar-refractivity contribution in [2.75, 3.05) is 12.4 Å². The molecule has 2 aromatic carbocycles. The Morgan fingerprint density at radius 1 is 0.909 bits per heavy atom. The summed E-state index contributed by atoms with van der Waals surface area (Å²) in [4.78, 5) is 38.2. The number of carbonyl (C=O) groups is 3. The first-order valence-corrected chi connectivity index (χ1v) is 12.1. The third-order valence-electron chi connectivity index (χ3n) is 5.18. The number of hydrogen-bond acceptors (Lipinski definition) is 5. The fourth-order valence-electron chi connectivity index (χ4n) is 3.30. The van der Waals surface area contributed by atoms with E-state index in [4.69, 9.17) is 4.74 Å². The molecule has 0 unspecified atom stereocenters. The Bertz CT molecular complexity index is 861. The van der Waals surface area contributed by atoms with Crippen LogP contribution >= 0.6 is 12.6 Å². The van der Waals surface area contributed by atoms with Crippen molar-refractivity contribution >= 4 is 30.4 Å². The maximum Gasteiger partial charge on any atom is 0.328 e. The molecule has 0 spiro atoms. The van der Waals surface area contributed by atoms with Crippen molar-refractivity contribution in [3.8, 4) is 0 Å². The van der Waals surface area contributed by atoms with Gasteiger partial charge in [-0.15, -0.1) is 0 Å². The van der Waals surface area contributed by atoms with Crippen LogP contribution in [0.25, 0.3) is 0 Å². The molecule has 2 N–H and O–H groups in total. The van der Waals surface area contributed by atoms with Crippen LogP contribution in [0.15, 0.2) is 60.7 Å². The number of amides is 2. The van der Waals surface area contributed by atoms with Gasteiger partial charge in [0.05, 0.1) is 6.61 Å². The smallest absolute Gasteiger partial charge is 0.328 e. The van der Waals surface area contributed by atoms with Gasteiger partial charge in [-0.05, 0) is 36.1 Å². The predicted octanol–water partition coefficient (Wildman–Crippen LogP) is 3.49. The highest BCUT2D eigenvalue weighted by Gasteiger charge is 2.27. The molecule has 0 heterocycles. The highest BCUT2D eigenvalue weighted by molar-refractivity contribution is 7.80. The summed E-state index contributed by atoms with van der Waals surface area (Å²) < 4.78 is 5.29. The predicted molar refractivity (Wildman–Crippen MR) is 133 cm³/mol. The Morgan fingerprint density at radius 3 is 2.15 bits per heavy atom. The number of esters is 1. The van der Waals surface area contributed by atoms with Gasteiger partial charge in [0.15, 0.2) is 0 Å². The summed E-state index contributed by atoms with van der Waals surface area (Å²) in [6.07, 6.45) is 3.19. The number of hydrogen-bond donors (Lipinski definition) is 3. The van der Waals surface area contributed by atoms with Crippen molar-refractivity contribution in [1.82, 2.24) is 10.6 Å². The topological polar surface area (TPSA) is 84.5 Å². The summed E-state index contributed by atoms with van der Waals surface area (Å²) in [5.74, 6) is -0.683. The molecule has 0 aliphatic heterocycles. The minimum Gasteiger partial charge on any atom is -0.464 e. The van der Waals surface area contributed by atoms with E-state index >= 15 is 0 Å². The average molecular weight is 471 g/mol. The molecule has 2 amide bonds. The number of nitrogens with one attached hydrogen (secondary N) is 2. The van der Waals surface area contributed by atoms with E-state index in [-0.39, 0.29) is 12.3 Å². The third kappa shape index (κ3) is 10.1. The third-order valence-corrected chi connectivity index (χ3v) is 5.44. The van der Waals surface area contributed by atoms with Crippen LogP contribution in [0, 0.1) is 0 Å². The second-order valence-electron chi connectivity index (χ2n) is 7.89. The fraction of sp³-hybridized carbons (Fsp3) is 0.423. The Kier molecular flexibility index (Phi) is 12.1. The SMILES string of the molecule is CCCCOC(=O)[C@H](CCS)NC(=O)[C@H](Cc1ccccc1)NC(=O)CCc1ccccc1. The molecule has 0 radical (unpaired) electrons. The van der Waals surface area contributed by atoms with E-state index < -0.39 is 24.0 Å². The highest BCUT2D eigenvalue weighted by atomic mass is 32.1. The van der Waals surface area contributed by atoms with Gasteiger partial charge in [0, 0.05) is 12.8 Å². The van der Waals surface area contributed by atoms with Gasteiger partial charge in [-0.2, -0.15) is 12.6 Å². The summed E-state index contributed by atoms with van der Waals surface area (Å²) in [6, 6.07) is 17.6. The van der Waals surface area contributed by atoms with Crippen LogP contribution in [0.3, 0.4) is 0 Å². The van der Waals surface area contributed by atoms with Crippen LogP contribution in [-0.4, -0.2) is 42.2 Å². The van der Waals surface area contributed by atoms with Crippen LogP contribution in [0.5, 0.6) is 0 Å². The van der Waals surface area contributed by atoms with Crippen LogP contribution < -0.4 is 10.6 Å². The average Bonchev–Trinajstić information content (AvgIpc) is 2.83. The normalized spacial score (nSPS) is 12.4. The van der Waals surface area contributed by atoms with Crippen LogP contribution in [-0.2, 0) is 32.0 Å². The molecule has 0 bridgehead atoms. The lowest BCUT2D eigenvalue weighted by Crippen LogP contribution is -2.53. The van der Waals surface area contributed by atoms with Gasteiger partial charge in [-0.3, -0.25) is 9.59 Å². The lowest BCUT2D eigenvalue weighted by molar-refractivity contribution is -0.148. The summed E-state index contributed by atoms with van der Waals surface area (Å²) in [5, 5.41) is 5.62. The molecule has 2 atom stereocenters. The number of unbranched alkanes of at least 4 members (excludes halogenated alkanes) is 1. The Morgan fingerprint density at radius 2 is 1.55 bits per heavy atom. The molecule has 0 fully saturated rings. The van der Waals surface area contributed by atoms with Gasteiger partial charge >= 0.3 is 5.97 Å². The molecular weight excluding hydrogens is 436 g/mol. The quantitative estimate of drug-likeness (QED) is 0.224. The number of ether oxygens (including phenoxy) is 1. The molecule has 0 saturated heterocycles. The Balaban J connectivity index is 2.04. The van der Waals surface area contributed by atoms with Gasteiger partial charge in [-0.25, -0.2) is 4.79 Å². The van der Waals surface area contributed by atoms with E-state index in [1.807, 2.05) is 67.6 Å². The maximum absolute atomic E-state index is 13.1. The molecule has 0 aliphatic carbocycles. The Hall–Kier alpha value is -2.80. The van der Waals surface area contributed by atoms with Crippen molar-refractivity contribution in [2.45, 2.75) is 57.5 Å². The number of thiol groups is 1. The van der Waals surface area contributed by atoms with Gasteiger partial charge < -0.3 is 15.4 Å². The van der Waals surface area contributed by atoms with Crippen molar-refractivity contribution < 1.29 is 19.1 Å². The number of carbonyl (C=O) groups excluding carboxylic acids is 3. The standard InChI is InChI=1S/C26H34N2O4S/c1-2-3-17-32-26(31)22(16-18-33)28-25(30)23(19-21-12-8-5-9-13-21)27-24(29)15-14-20-10-6-4-7-11-20/h4-13,22-23,33H,2-3,14-19H2,1H3,(H,27,29)(H,28,30)/t22-,23-/m0/s1. The van der Waals surface area contributed by atoms with Crippen molar-refractivity contribution in [1.29, 1.82) is 0 Å². The minimum atomic E-state index is -0.804. The Labute approximate surface area is 201 Å². The molecule has 33 heavy (non-hydrogen) atoms. The summed E-state index contributed by atoms with van der Waals surface area (Å²) >= 11 is 4.21. The molecule has 6 nitrogen and oxygen atoms in total. The summed E-state index contributed by atoms with van der Waals surface area (Å²) in [5.41, 5.74) is 1.97. The van der Waals surface area contributed by atoms with Gasteiger partial charge in [0.1, 0.15) is 12.1 Å². The minimum absolute atomic E-state index is 0.216. The molecule has 0 saturated carbocycles. The summed E-state index contributed by atoms with van der Waals surface area (Å²) in [6.45, 7) is 2.33. The number of benzene rings is 2. The van der Waals surface area contributed by atoms with E-state index in [0.29, 0.717) is 31.6 Å². The molecule has 0 aromatic heterocycles. The van der Waals surface area contributed by atoms with Crippen LogP contribution in [0.2, 0.25) is 0 Å². The monoisotopic (exact) mass is 470 g/mol. The van der Waals surface area contributed by atoms with Gasteiger partial charge in [0.2, 0.25) is 11.8 Å². The molecule has 2 aromatic rings. The van der Waals surface area contributed by atoms with Crippen molar-refractivity contribution in [3.63, 3.8) is 0 Å². The van der Waals surface area contributed by atoms with Crippen molar-refractivity contribution in [3.05, 3.63) is 71.8 Å². The maximum atomic E-state index is 13.1. The zero-order valence-corrected chi connectivity index (χ0v) is 20.1. The molecule has 0 aliphatic rings. The van der Waals surface area contributed by atoms with Crippen molar-refractivity contribution in [2.24, 2.45) is 0 Å². The van der Waals surface area contributed by atoms with E-state index in [9.17, 15) is 14.4 Å². The zero-order chi connectivity index (χ0) is 23.9. The summed E-state index contributed by atoms with van der Waals surface area (Å²) in [7, 11) is 0. The first-order chi connectivity index (χ1) is 16.0. The second kappa shape index (κ2) is 15.1. The zero-order valence-electron chi connectivity index (χ0n) is 19.2. The van der Waals surface area contributed by atoms with Crippen LogP contribution in [0.1, 0.15) is 43.7 Å². The first kappa shape index (κ1) is 26.5. The number of rotatable bonds is 14.